The monoisotopic (exact) mass is 417 g/mol. The Kier molecular flexibility index (Phi) is 6.64. The molecule has 7 nitrogen and oxygen atoms in total. The molecule has 0 saturated carbocycles. The number of ether oxygens (including phenoxy) is 2. The van der Waals surface area contributed by atoms with Crippen molar-refractivity contribution in [3.63, 3.8) is 0 Å². The summed E-state index contributed by atoms with van der Waals surface area (Å²) in [6.45, 7) is 5.06. The molecule has 0 amide bonds. The van der Waals surface area contributed by atoms with Crippen molar-refractivity contribution in [3.05, 3.63) is 24.4 Å². The third-order valence-electron chi connectivity index (χ3n) is 5.24. The predicted molar refractivity (Wildman–Crippen MR) is 116 cm³/mol. The van der Waals surface area contributed by atoms with Crippen LogP contribution in [0.15, 0.2) is 39.3 Å². The van der Waals surface area contributed by atoms with Crippen LogP contribution in [-0.2, 0) is 14.6 Å². The van der Waals surface area contributed by atoms with Gasteiger partial charge in [0.05, 0.1) is 30.7 Å². The van der Waals surface area contributed by atoms with Gasteiger partial charge in [-0.2, -0.15) is 0 Å². The number of rotatable bonds is 6. The largest absolute Gasteiger partial charge is 0.495 e. The Morgan fingerprint density at radius 3 is 2.79 bits per heavy atom. The van der Waals surface area contributed by atoms with E-state index in [2.05, 4.69) is 16.9 Å². The number of fused-ring (bicyclic) bond motifs is 1. The highest BCUT2D eigenvalue weighted by Gasteiger charge is 2.22. The van der Waals surface area contributed by atoms with Gasteiger partial charge in [-0.25, -0.2) is 8.42 Å². The highest BCUT2D eigenvalue weighted by Crippen LogP contribution is 2.34. The van der Waals surface area contributed by atoms with Crippen LogP contribution in [0, 0.1) is 5.92 Å². The molecule has 0 aliphatic carbocycles. The van der Waals surface area contributed by atoms with Crippen molar-refractivity contribution in [2.24, 2.45) is 15.9 Å². The first kappa shape index (κ1) is 21.4. The van der Waals surface area contributed by atoms with Gasteiger partial charge in [-0.15, -0.1) is 0 Å². The molecule has 1 aromatic carbocycles. The summed E-state index contributed by atoms with van der Waals surface area (Å²) in [7, 11) is -0.646. The molecule has 1 atom stereocenters. The van der Waals surface area contributed by atoms with Crippen LogP contribution in [0.5, 0.6) is 5.75 Å². The molecule has 0 spiro atoms. The fourth-order valence-corrected chi connectivity index (χ4v) is 4.71. The third kappa shape index (κ3) is 4.64. The summed E-state index contributed by atoms with van der Waals surface area (Å²) in [5.74, 6) is 0.308. The second kappa shape index (κ2) is 9.00. The smallest absolute Gasteiger partial charge is 0.184 e. The minimum Gasteiger partial charge on any atom is -0.495 e. The molecule has 0 N–H and O–H groups in total. The molecule has 3 rings (SSSR count). The van der Waals surface area contributed by atoms with E-state index in [1.165, 1.54) is 14.2 Å². The second-order valence-corrected chi connectivity index (χ2v) is 9.19. The molecular formula is C21H27N3O4S. The molecule has 1 unspecified atom stereocenters. The van der Waals surface area contributed by atoms with E-state index in [1.54, 1.807) is 18.3 Å². The van der Waals surface area contributed by atoms with Crippen LogP contribution in [0.4, 0.5) is 5.69 Å². The van der Waals surface area contributed by atoms with Crippen molar-refractivity contribution >= 4 is 37.9 Å². The Hall–Kier alpha value is -2.32. The fourth-order valence-electron chi connectivity index (χ4n) is 3.36. The average Bonchev–Trinajstić information content (AvgIpc) is 2.87. The van der Waals surface area contributed by atoms with Crippen molar-refractivity contribution in [2.45, 2.75) is 31.6 Å². The van der Waals surface area contributed by atoms with Crippen LogP contribution in [0.2, 0.25) is 0 Å². The van der Waals surface area contributed by atoms with Gasteiger partial charge in [0.1, 0.15) is 10.6 Å². The highest BCUT2D eigenvalue weighted by atomic mass is 32.2. The quantitative estimate of drug-likeness (QED) is 0.716. The van der Waals surface area contributed by atoms with Gasteiger partial charge in [0, 0.05) is 48.6 Å². The second-order valence-electron chi connectivity index (χ2n) is 7.11. The van der Waals surface area contributed by atoms with Crippen molar-refractivity contribution in [3.8, 4) is 5.75 Å². The summed E-state index contributed by atoms with van der Waals surface area (Å²) in [6, 6.07) is 5.09. The lowest BCUT2D eigenvalue weighted by Gasteiger charge is -2.14. The molecule has 2 heterocycles. The summed E-state index contributed by atoms with van der Waals surface area (Å²) in [6.07, 6.45) is 3.50. The number of aromatic nitrogens is 1. The summed E-state index contributed by atoms with van der Waals surface area (Å²) in [5.41, 5.74) is 3.47. The van der Waals surface area contributed by atoms with Gasteiger partial charge < -0.3 is 9.47 Å². The van der Waals surface area contributed by atoms with E-state index in [0.29, 0.717) is 16.6 Å². The molecule has 1 aliphatic rings. The summed E-state index contributed by atoms with van der Waals surface area (Å²) in [4.78, 5) is 14.0. The Labute approximate surface area is 171 Å². The third-order valence-corrected chi connectivity index (χ3v) is 6.93. The maximum Gasteiger partial charge on any atom is 0.184 e. The van der Waals surface area contributed by atoms with Gasteiger partial charge in [-0.05, 0) is 31.9 Å². The van der Waals surface area contributed by atoms with Crippen molar-refractivity contribution in [1.82, 2.24) is 4.98 Å². The van der Waals surface area contributed by atoms with Crippen LogP contribution in [0.1, 0.15) is 26.7 Å². The fraction of sp³-hybridized carbons (Fsp3) is 0.476. The number of pyridine rings is 1. The van der Waals surface area contributed by atoms with E-state index < -0.39 is 9.84 Å². The lowest BCUT2D eigenvalue weighted by molar-refractivity contribution is 0.217. The standard InChI is InChI=1S/C21H27N3O4S/c1-14-15(2)22-8-5-6-17(14)24-18-7-9-23-19-13-20(28-4)21(12-16(18)19)29(25,26)11-10-27-3/h7,9,12-14H,5-6,8,10-11H2,1-4H3. The van der Waals surface area contributed by atoms with E-state index in [-0.39, 0.29) is 28.9 Å². The zero-order valence-corrected chi connectivity index (χ0v) is 18.1. The average molecular weight is 418 g/mol. The lowest BCUT2D eigenvalue weighted by Crippen LogP contribution is -2.17. The molecule has 29 heavy (non-hydrogen) atoms. The van der Waals surface area contributed by atoms with Gasteiger partial charge in [0.15, 0.2) is 9.84 Å². The Morgan fingerprint density at radius 1 is 1.28 bits per heavy atom. The number of nitrogens with zero attached hydrogens (tertiary/aromatic N) is 3. The Bertz CT molecular complexity index is 1060. The molecule has 0 bridgehead atoms. The van der Waals surface area contributed by atoms with E-state index >= 15 is 0 Å². The van der Waals surface area contributed by atoms with Crippen molar-refractivity contribution < 1.29 is 17.9 Å². The lowest BCUT2D eigenvalue weighted by atomic mass is 9.98. The van der Waals surface area contributed by atoms with Gasteiger partial charge >= 0.3 is 0 Å². The molecule has 0 fully saturated rings. The Morgan fingerprint density at radius 2 is 2.07 bits per heavy atom. The maximum atomic E-state index is 12.8. The van der Waals surface area contributed by atoms with Gasteiger partial charge in [0.25, 0.3) is 0 Å². The molecule has 0 saturated heterocycles. The SMILES string of the molecule is COCCS(=O)(=O)c1cc2c(N=C3CCCN=C(C)C3C)ccnc2cc1OC. The van der Waals surface area contributed by atoms with Crippen molar-refractivity contribution in [1.29, 1.82) is 0 Å². The zero-order chi connectivity index (χ0) is 21.0. The number of aliphatic imine (C=N–C) groups is 2. The van der Waals surface area contributed by atoms with E-state index in [1.807, 2.05) is 13.0 Å². The number of hydrogen-bond donors (Lipinski definition) is 0. The van der Waals surface area contributed by atoms with E-state index in [4.69, 9.17) is 14.5 Å². The number of sulfone groups is 1. The minimum absolute atomic E-state index is 0.113. The number of methoxy groups -OCH3 is 2. The van der Waals surface area contributed by atoms with Gasteiger partial charge in [0.2, 0.25) is 0 Å². The Balaban J connectivity index is 2.16. The molecule has 156 valence electrons. The first-order valence-electron chi connectivity index (χ1n) is 9.64. The topological polar surface area (TPSA) is 90.2 Å². The number of benzene rings is 1. The predicted octanol–water partition coefficient (Wildman–Crippen LogP) is 3.63. The van der Waals surface area contributed by atoms with Crippen LogP contribution >= 0.6 is 0 Å². The normalized spacial score (nSPS) is 19.2. The summed E-state index contributed by atoms with van der Waals surface area (Å²) in [5, 5.41) is 0.683. The van der Waals surface area contributed by atoms with Gasteiger partial charge in [-0.1, -0.05) is 6.92 Å². The number of hydrogen-bond acceptors (Lipinski definition) is 7. The first-order valence-corrected chi connectivity index (χ1v) is 11.3. The molecule has 1 aromatic heterocycles. The highest BCUT2D eigenvalue weighted by molar-refractivity contribution is 7.91. The van der Waals surface area contributed by atoms with Crippen LogP contribution < -0.4 is 4.74 Å². The van der Waals surface area contributed by atoms with E-state index in [0.717, 1.165) is 30.8 Å². The summed E-state index contributed by atoms with van der Waals surface area (Å²) < 4.78 is 35.9. The van der Waals surface area contributed by atoms with E-state index in [9.17, 15) is 8.42 Å². The molecular weight excluding hydrogens is 390 g/mol. The van der Waals surface area contributed by atoms with Crippen LogP contribution in [-0.4, -0.2) is 57.9 Å². The molecule has 0 radical (unpaired) electrons. The van der Waals surface area contributed by atoms with Crippen LogP contribution in [0.25, 0.3) is 10.9 Å². The van der Waals surface area contributed by atoms with Gasteiger partial charge in [-0.3, -0.25) is 15.0 Å². The maximum absolute atomic E-state index is 12.8. The van der Waals surface area contributed by atoms with Crippen LogP contribution in [0.3, 0.4) is 0 Å². The molecule has 1 aliphatic heterocycles. The van der Waals surface area contributed by atoms with Crippen molar-refractivity contribution in [2.75, 3.05) is 33.1 Å². The zero-order valence-electron chi connectivity index (χ0n) is 17.3. The molecule has 2 aromatic rings. The minimum atomic E-state index is -3.58. The summed E-state index contributed by atoms with van der Waals surface area (Å²) >= 11 is 0. The first-order chi connectivity index (χ1) is 13.9. The molecule has 8 heteroatoms.